The molecule has 0 aromatic heterocycles. The Morgan fingerprint density at radius 3 is 2.48 bits per heavy atom. The van der Waals surface area contributed by atoms with Crippen molar-refractivity contribution in [3.05, 3.63) is 28.7 Å². The van der Waals surface area contributed by atoms with Crippen LogP contribution in [0.3, 0.4) is 0 Å². The van der Waals surface area contributed by atoms with Gasteiger partial charge in [-0.2, -0.15) is 0 Å². The molecule has 0 radical (unpaired) electrons. The van der Waals surface area contributed by atoms with Crippen LogP contribution in [0.4, 0.5) is 0 Å². The molecular weight excluding hydrogens is 348 g/mol. The summed E-state index contributed by atoms with van der Waals surface area (Å²) in [7, 11) is 0. The van der Waals surface area contributed by atoms with Gasteiger partial charge in [0.1, 0.15) is 5.75 Å². The van der Waals surface area contributed by atoms with Gasteiger partial charge in [-0.3, -0.25) is 0 Å². The van der Waals surface area contributed by atoms with Gasteiger partial charge in [-0.1, -0.05) is 36.7 Å². The SMILES string of the molecule is CC(C)(C)C1CCC(Cl)C(CCOc2ccc(Br)cc2)C1. The van der Waals surface area contributed by atoms with Crippen molar-refractivity contribution in [3.8, 4) is 5.75 Å². The average molecular weight is 374 g/mol. The third-order valence-corrected chi connectivity index (χ3v) is 5.79. The Hall–Kier alpha value is -0.210. The van der Waals surface area contributed by atoms with Crippen LogP contribution in [0.5, 0.6) is 5.75 Å². The maximum absolute atomic E-state index is 6.54. The number of hydrogen-bond acceptors (Lipinski definition) is 1. The zero-order valence-corrected chi connectivity index (χ0v) is 15.6. The first-order valence-electron chi connectivity index (χ1n) is 7.88. The van der Waals surface area contributed by atoms with E-state index in [0.29, 0.717) is 16.7 Å². The van der Waals surface area contributed by atoms with Crippen molar-refractivity contribution in [1.82, 2.24) is 0 Å². The zero-order chi connectivity index (χ0) is 15.5. The van der Waals surface area contributed by atoms with Gasteiger partial charge in [0.25, 0.3) is 0 Å². The van der Waals surface area contributed by atoms with E-state index in [9.17, 15) is 0 Å². The Balaban J connectivity index is 1.82. The Kier molecular flexibility index (Phi) is 6.02. The molecule has 1 aromatic rings. The fourth-order valence-corrected chi connectivity index (χ4v) is 3.79. The molecule has 0 heterocycles. The highest BCUT2D eigenvalue weighted by Gasteiger charge is 2.34. The van der Waals surface area contributed by atoms with Crippen LogP contribution >= 0.6 is 27.5 Å². The Morgan fingerprint density at radius 1 is 1.19 bits per heavy atom. The summed E-state index contributed by atoms with van der Waals surface area (Å²) in [6.45, 7) is 7.80. The summed E-state index contributed by atoms with van der Waals surface area (Å²) in [4.78, 5) is 0. The van der Waals surface area contributed by atoms with E-state index in [1.54, 1.807) is 0 Å². The topological polar surface area (TPSA) is 9.23 Å². The molecule has 118 valence electrons. The van der Waals surface area contributed by atoms with E-state index in [2.05, 4.69) is 36.7 Å². The molecule has 3 unspecified atom stereocenters. The van der Waals surface area contributed by atoms with Gasteiger partial charge in [0.2, 0.25) is 0 Å². The molecule has 0 bridgehead atoms. The van der Waals surface area contributed by atoms with Crippen molar-refractivity contribution in [1.29, 1.82) is 0 Å². The molecule has 1 aromatic carbocycles. The Bertz CT molecular complexity index is 438. The Labute approximate surface area is 142 Å². The Morgan fingerprint density at radius 2 is 1.86 bits per heavy atom. The molecule has 1 aliphatic carbocycles. The molecule has 1 aliphatic rings. The van der Waals surface area contributed by atoms with Crippen molar-refractivity contribution in [2.45, 2.75) is 51.8 Å². The van der Waals surface area contributed by atoms with Gasteiger partial charge < -0.3 is 4.74 Å². The van der Waals surface area contributed by atoms with Crippen LogP contribution in [-0.4, -0.2) is 12.0 Å². The molecule has 1 nitrogen and oxygen atoms in total. The van der Waals surface area contributed by atoms with E-state index in [1.165, 1.54) is 12.8 Å². The largest absolute Gasteiger partial charge is 0.494 e. The summed E-state index contributed by atoms with van der Waals surface area (Å²) < 4.78 is 6.93. The number of hydrogen-bond donors (Lipinski definition) is 0. The van der Waals surface area contributed by atoms with Crippen LogP contribution < -0.4 is 4.74 Å². The maximum Gasteiger partial charge on any atom is 0.119 e. The lowest BCUT2D eigenvalue weighted by molar-refractivity contribution is 0.130. The van der Waals surface area contributed by atoms with Crippen LogP contribution in [0.15, 0.2) is 28.7 Å². The zero-order valence-electron chi connectivity index (χ0n) is 13.2. The van der Waals surface area contributed by atoms with Gasteiger partial charge in [0.05, 0.1) is 6.61 Å². The van der Waals surface area contributed by atoms with E-state index in [-0.39, 0.29) is 0 Å². The molecule has 21 heavy (non-hydrogen) atoms. The summed E-state index contributed by atoms with van der Waals surface area (Å²) >= 11 is 9.97. The van der Waals surface area contributed by atoms with Gasteiger partial charge in [0, 0.05) is 9.85 Å². The number of benzene rings is 1. The number of halogens is 2. The molecule has 3 heteroatoms. The smallest absolute Gasteiger partial charge is 0.119 e. The predicted octanol–water partition coefficient (Wildman–Crippen LogP) is 6.29. The quantitative estimate of drug-likeness (QED) is 0.564. The van der Waals surface area contributed by atoms with Gasteiger partial charge in [0.15, 0.2) is 0 Å². The van der Waals surface area contributed by atoms with E-state index in [4.69, 9.17) is 16.3 Å². The van der Waals surface area contributed by atoms with Crippen molar-refractivity contribution < 1.29 is 4.74 Å². The van der Waals surface area contributed by atoms with E-state index < -0.39 is 0 Å². The van der Waals surface area contributed by atoms with Crippen LogP contribution in [-0.2, 0) is 0 Å². The number of rotatable bonds is 4. The van der Waals surface area contributed by atoms with Gasteiger partial charge >= 0.3 is 0 Å². The first-order chi connectivity index (χ1) is 9.86. The van der Waals surface area contributed by atoms with Crippen molar-refractivity contribution in [2.75, 3.05) is 6.61 Å². The third kappa shape index (κ3) is 5.17. The van der Waals surface area contributed by atoms with Gasteiger partial charge in [-0.25, -0.2) is 0 Å². The van der Waals surface area contributed by atoms with Gasteiger partial charge in [-0.15, -0.1) is 11.6 Å². The minimum Gasteiger partial charge on any atom is -0.494 e. The van der Waals surface area contributed by atoms with Crippen molar-refractivity contribution in [3.63, 3.8) is 0 Å². The lowest BCUT2D eigenvalue weighted by atomic mass is 9.68. The summed E-state index contributed by atoms with van der Waals surface area (Å²) in [6.07, 6.45) is 4.70. The van der Waals surface area contributed by atoms with Crippen LogP contribution in [0, 0.1) is 17.3 Å². The monoisotopic (exact) mass is 372 g/mol. The lowest BCUT2D eigenvalue weighted by Crippen LogP contribution is -2.33. The molecule has 0 N–H and O–H groups in total. The number of ether oxygens (including phenoxy) is 1. The average Bonchev–Trinajstić information content (AvgIpc) is 2.42. The minimum atomic E-state index is 0.317. The van der Waals surface area contributed by atoms with Crippen molar-refractivity contribution in [2.24, 2.45) is 17.3 Å². The van der Waals surface area contributed by atoms with Crippen LogP contribution in [0.2, 0.25) is 0 Å². The molecule has 1 fully saturated rings. The second-order valence-electron chi connectivity index (χ2n) is 7.24. The molecule has 0 aliphatic heterocycles. The maximum atomic E-state index is 6.54. The molecular formula is C18H26BrClO. The highest BCUT2D eigenvalue weighted by molar-refractivity contribution is 9.10. The molecule has 3 atom stereocenters. The normalized spacial score (nSPS) is 26.6. The first kappa shape index (κ1) is 17.1. The predicted molar refractivity (Wildman–Crippen MR) is 94.2 cm³/mol. The summed E-state index contributed by atoms with van der Waals surface area (Å²) in [5.74, 6) is 2.30. The highest BCUT2D eigenvalue weighted by Crippen LogP contribution is 2.43. The molecule has 0 spiro atoms. The van der Waals surface area contributed by atoms with E-state index >= 15 is 0 Å². The van der Waals surface area contributed by atoms with Crippen molar-refractivity contribution >= 4 is 27.5 Å². The summed E-state index contributed by atoms with van der Waals surface area (Å²) in [5.41, 5.74) is 0.391. The fraction of sp³-hybridized carbons (Fsp3) is 0.667. The second-order valence-corrected chi connectivity index (χ2v) is 8.72. The first-order valence-corrected chi connectivity index (χ1v) is 9.11. The van der Waals surface area contributed by atoms with E-state index in [1.807, 2.05) is 24.3 Å². The second kappa shape index (κ2) is 7.37. The van der Waals surface area contributed by atoms with Crippen LogP contribution in [0.1, 0.15) is 46.5 Å². The summed E-state index contributed by atoms with van der Waals surface area (Å²) in [6, 6.07) is 8.02. The molecule has 1 saturated carbocycles. The van der Waals surface area contributed by atoms with E-state index in [0.717, 1.165) is 35.6 Å². The molecule has 2 rings (SSSR count). The lowest BCUT2D eigenvalue weighted by Gasteiger charge is -2.40. The van der Waals surface area contributed by atoms with Gasteiger partial charge in [-0.05, 0) is 67.2 Å². The highest BCUT2D eigenvalue weighted by atomic mass is 79.9. The standard InChI is InChI=1S/C18H26BrClO/c1-18(2,3)14-4-9-17(20)13(12-14)10-11-21-16-7-5-15(19)6-8-16/h5-8,13-14,17H,4,9-12H2,1-3H3. The number of alkyl halides is 1. The van der Waals surface area contributed by atoms with Crippen LogP contribution in [0.25, 0.3) is 0 Å². The third-order valence-electron chi connectivity index (χ3n) is 4.69. The fourth-order valence-electron chi connectivity index (χ4n) is 3.17. The summed E-state index contributed by atoms with van der Waals surface area (Å²) in [5, 5.41) is 0.317. The molecule has 0 saturated heterocycles. The minimum absolute atomic E-state index is 0.317. The molecule has 0 amide bonds.